The second-order valence-corrected chi connectivity index (χ2v) is 3.27. The third-order valence-corrected chi connectivity index (χ3v) is 2.14. The predicted molar refractivity (Wildman–Crippen MR) is 64.3 cm³/mol. The van der Waals surface area contributed by atoms with Crippen molar-refractivity contribution in [1.29, 1.82) is 0 Å². The highest BCUT2D eigenvalue weighted by molar-refractivity contribution is 6.03. The van der Waals surface area contributed by atoms with Gasteiger partial charge in [0.15, 0.2) is 0 Å². The summed E-state index contributed by atoms with van der Waals surface area (Å²) in [5.41, 5.74) is 0.666. The standard InChI is InChI=1S/C13H13NO3/c1-3-9-14(11-7-5-4-6-8-11)12(15)10-13(16)17-2/h1,4-8H,9-10H2,2H3. The number of para-hydroxylation sites is 1. The largest absolute Gasteiger partial charge is 0.469 e. The first kappa shape index (κ1) is 12.8. The molecule has 0 fully saturated rings. The Morgan fingerprint density at radius 2 is 2.00 bits per heavy atom. The van der Waals surface area contributed by atoms with Crippen LogP contribution >= 0.6 is 0 Å². The number of methoxy groups -OCH3 is 1. The SMILES string of the molecule is C#CCN(C(=O)CC(=O)OC)c1ccccc1. The topological polar surface area (TPSA) is 46.6 Å². The quantitative estimate of drug-likeness (QED) is 0.444. The Morgan fingerprint density at radius 3 is 2.53 bits per heavy atom. The van der Waals surface area contributed by atoms with Crippen LogP contribution in [-0.4, -0.2) is 25.5 Å². The molecule has 0 aliphatic heterocycles. The Morgan fingerprint density at radius 1 is 1.35 bits per heavy atom. The van der Waals surface area contributed by atoms with Gasteiger partial charge >= 0.3 is 5.97 Å². The molecule has 0 aliphatic carbocycles. The maximum atomic E-state index is 11.8. The Balaban J connectivity index is 2.83. The lowest BCUT2D eigenvalue weighted by Crippen LogP contribution is -2.33. The van der Waals surface area contributed by atoms with Crippen molar-refractivity contribution in [2.45, 2.75) is 6.42 Å². The van der Waals surface area contributed by atoms with E-state index in [0.29, 0.717) is 5.69 Å². The van der Waals surface area contributed by atoms with Crippen LogP contribution in [0, 0.1) is 12.3 Å². The lowest BCUT2D eigenvalue weighted by molar-refractivity contribution is -0.143. The summed E-state index contributed by atoms with van der Waals surface area (Å²) in [5.74, 6) is 1.44. The molecule has 0 N–H and O–H groups in total. The average molecular weight is 231 g/mol. The molecule has 1 rings (SSSR count). The van der Waals surface area contributed by atoms with Crippen molar-refractivity contribution in [3.8, 4) is 12.3 Å². The molecule has 0 atom stereocenters. The second kappa shape index (κ2) is 6.33. The van der Waals surface area contributed by atoms with Crippen molar-refractivity contribution in [1.82, 2.24) is 0 Å². The van der Waals surface area contributed by atoms with Crippen LogP contribution in [0.15, 0.2) is 30.3 Å². The van der Waals surface area contributed by atoms with Crippen LogP contribution in [0.25, 0.3) is 0 Å². The number of amides is 1. The van der Waals surface area contributed by atoms with Crippen molar-refractivity contribution < 1.29 is 14.3 Å². The van der Waals surface area contributed by atoms with Crippen LogP contribution < -0.4 is 4.90 Å². The molecule has 0 spiro atoms. The zero-order valence-electron chi connectivity index (χ0n) is 9.55. The van der Waals surface area contributed by atoms with Crippen LogP contribution in [0.2, 0.25) is 0 Å². The molecule has 1 aromatic rings. The summed E-state index contributed by atoms with van der Waals surface area (Å²) in [6.45, 7) is 0.125. The van der Waals surface area contributed by atoms with E-state index in [1.807, 2.05) is 6.07 Å². The predicted octanol–water partition coefficient (Wildman–Crippen LogP) is 1.22. The third-order valence-electron chi connectivity index (χ3n) is 2.14. The number of ether oxygens (including phenoxy) is 1. The van der Waals surface area contributed by atoms with E-state index in [-0.39, 0.29) is 18.9 Å². The van der Waals surface area contributed by atoms with Gasteiger partial charge in [-0.25, -0.2) is 0 Å². The molecule has 4 nitrogen and oxygen atoms in total. The number of hydrogen-bond acceptors (Lipinski definition) is 3. The maximum absolute atomic E-state index is 11.8. The first-order chi connectivity index (χ1) is 8.19. The number of carbonyl (C=O) groups is 2. The van der Waals surface area contributed by atoms with Gasteiger partial charge in [-0.2, -0.15) is 0 Å². The fraction of sp³-hybridized carbons (Fsp3) is 0.231. The van der Waals surface area contributed by atoms with Crippen LogP contribution in [0.5, 0.6) is 0 Å². The number of carbonyl (C=O) groups excluding carboxylic acids is 2. The van der Waals surface area contributed by atoms with Crippen molar-refractivity contribution in [3.63, 3.8) is 0 Å². The van der Waals surface area contributed by atoms with Crippen molar-refractivity contribution in [2.24, 2.45) is 0 Å². The van der Waals surface area contributed by atoms with E-state index >= 15 is 0 Å². The van der Waals surface area contributed by atoms with E-state index in [1.54, 1.807) is 24.3 Å². The number of rotatable bonds is 4. The second-order valence-electron chi connectivity index (χ2n) is 3.27. The molecule has 1 amide bonds. The molecule has 0 unspecified atom stereocenters. The minimum atomic E-state index is -0.576. The molecule has 1 aromatic carbocycles. The van der Waals surface area contributed by atoms with Gasteiger partial charge in [0.1, 0.15) is 6.42 Å². The molecule has 4 heteroatoms. The fourth-order valence-corrected chi connectivity index (χ4v) is 1.31. The normalized spacial score (nSPS) is 9.18. The van der Waals surface area contributed by atoms with Crippen LogP contribution in [-0.2, 0) is 14.3 Å². The van der Waals surface area contributed by atoms with Gasteiger partial charge in [0, 0.05) is 5.69 Å². The number of esters is 1. The first-order valence-electron chi connectivity index (χ1n) is 5.04. The van der Waals surface area contributed by atoms with Gasteiger partial charge in [-0.1, -0.05) is 24.1 Å². The van der Waals surface area contributed by atoms with Gasteiger partial charge in [-0.05, 0) is 12.1 Å². The summed E-state index contributed by atoms with van der Waals surface area (Å²) in [7, 11) is 1.24. The molecule has 0 saturated heterocycles. The van der Waals surface area contributed by atoms with Crippen LogP contribution in [0.1, 0.15) is 6.42 Å². The van der Waals surface area contributed by atoms with Gasteiger partial charge < -0.3 is 9.64 Å². The van der Waals surface area contributed by atoms with E-state index in [9.17, 15) is 9.59 Å². The number of terminal acetylenes is 1. The lowest BCUT2D eigenvalue weighted by Gasteiger charge is -2.19. The Labute approximate surface area is 100 Å². The van der Waals surface area contributed by atoms with Gasteiger partial charge in [-0.3, -0.25) is 9.59 Å². The number of anilines is 1. The van der Waals surface area contributed by atoms with Gasteiger partial charge in [0.2, 0.25) is 5.91 Å². The summed E-state index contributed by atoms with van der Waals surface area (Å²) in [5, 5.41) is 0. The lowest BCUT2D eigenvalue weighted by atomic mass is 10.2. The molecular formula is C13H13NO3. The van der Waals surface area contributed by atoms with E-state index < -0.39 is 5.97 Å². The molecule has 0 aromatic heterocycles. The number of hydrogen-bond donors (Lipinski definition) is 0. The van der Waals surface area contributed by atoms with Gasteiger partial charge in [0.25, 0.3) is 0 Å². The monoisotopic (exact) mass is 231 g/mol. The molecular weight excluding hydrogens is 218 g/mol. The fourth-order valence-electron chi connectivity index (χ4n) is 1.31. The van der Waals surface area contributed by atoms with E-state index in [0.717, 1.165) is 0 Å². The van der Waals surface area contributed by atoms with Crippen molar-refractivity contribution in [3.05, 3.63) is 30.3 Å². The molecule has 0 radical (unpaired) electrons. The first-order valence-corrected chi connectivity index (χ1v) is 5.04. The molecule has 0 saturated carbocycles. The molecule has 17 heavy (non-hydrogen) atoms. The Kier molecular flexibility index (Phi) is 4.77. The third kappa shape index (κ3) is 3.65. The highest BCUT2D eigenvalue weighted by atomic mass is 16.5. The summed E-state index contributed by atoms with van der Waals surface area (Å²) >= 11 is 0. The summed E-state index contributed by atoms with van der Waals surface area (Å²) in [4.78, 5) is 24.2. The van der Waals surface area contributed by atoms with Crippen molar-refractivity contribution >= 4 is 17.6 Å². The maximum Gasteiger partial charge on any atom is 0.315 e. The average Bonchev–Trinajstić information content (AvgIpc) is 2.36. The Hall–Kier alpha value is -2.28. The molecule has 0 aliphatic rings. The molecule has 0 heterocycles. The minimum absolute atomic E-state index is 0.125. The Bertz CT molecular complexity index is 434. The highest BCUT2D eigenvalue weighted by Gasteiger charge is 2.18. The smallest absolute Gasteiger partial charge is 0.315 e. The summed E-state index contributed by atoms with van der Waals surface area (Å²) in [6.07, 6.45) is 4.90. The minimum Gasteiger partial charge on any atom is -0.469 e. The summed E-state index contributed by atoms with van der Waals surface area (Å²) < 4.78 is 4.45. The highest BCUT2D eigenvalue weighted by Crippen LogP contribution is 2.14. The zero-order chi connectivity index (χ0) is 12.7. The van der Waals surface area contributed by atoms with Gasteiger partial charge in [-0.15, -0.1) is 6.42 Å². The van der Waals surface area contributed by atoms with E-state index in [2.05, 4.69) is 10.7 Å². The number of benzene rings is 1. The van der Waals surface area contributed by atoms with E-state index in [4.69, 9.17) is 6.42 Å². The van der Waals surface area contributed by atoms with Gasteiger partial charge in [0.05, 0.1) is 13.7 Å². The molecule has 88 valence electrons. The van der Waals surface area contributed by atoms with Crippen LogP contribution in [0.3, 0.4) is 0 Å². The van der Waals surface area contributed by atoms with Crippen LogP contribution in [0.4, 0.5) is 5.69 Å². The number of nitrogens with zero attached hydrogens (tertiary/aromatic N) is 1. The molecule has 0 bridgehead atoms. The van der Waals surface area contributed by atoms with E-state index in [1.165, 1.54) is 12.0 Å². The van der Waals surface area contributed by atoms with Crippen molar-refractivity contribution in [2.75, 3.05) is 18.6 Å². The summed E-state index contributed by atoms with van der Waals surface area (Å²) in [6, 6.07) is 8.94. The zero-order valence-corrected chi connectivity index (χ0v) is 9.55.